The van der Waals surface area contributed by atoms with Gasteiger partial charge in [-0.1, -0.05) is 16.8 Å². The Bertz CT molecular complexity index is 779. The molecule has 0 N–H and O–H groups in total. The minimum absolute atomic E-state index is 0.208. The number of ether oxygens (including phenoxy) is 1. The molecule has 1 aromatic heterocycles. The smallest absolute Gasteiger partial charge is 0.410 e. The van der Waals surface area contributed by atoms with Gasteiger partial charge in [-0.25, -0.2) is 9.18 Å². The zero-order chi connectivity index (χ0) is 18.2. The number of likely N-dealkylation sites (tertiary alicyclic amines) is 1. The lowest BCUT2D eigenvalue weighted by atomic mass is 10.1. The first-order valence-corrected chi connectivity index (χ1v) is 8.47. The highest BCUT2D eigenvalue weighted by Crippen LogP contribution is 2.35. The highest BCUT2D eigenvalue weighted by Gasteiger charge is 2.35. The molecule has 1 aromatic carbocycles. The van der Waals surface area contributed by atoms with Crippen molar-refractivity contribution in [3.63, 3.8) is 0 Å². The van der Waals surface area contributed by atoms with Crippen LogP contribution >= 0.6 is 0 Å². The summed E-state index contributed by atoms with van der Waals surface area (Å²) in [5.41, 5.74) is 1.38. The number of halogens is 1. The molecule has 25 heavy (non-hydrogen) atoms. The highest BCUT2D eigenvalue weighted by molar-refractivity contribution is 5.69. The van der Waals surface area contributed by atoms with Crippen molar-refractivity contribution in [2.75, 3.05) is 6.54 Å². The van der Waals surface area contributed by atoms with Gasteiger partial charge in [0.1, 0.15) is 17.1 Å². The van der Waals surface area contributed by atoms with Gasteiger partial charge in [0, 0.05) is 12.6 Å². The van der Waals surface area contributed by atoms with Crippen molar-refractivity contribution < 1.29 is 18.4 Å². The molecule has 3 rings (SSSR count). The number of hydrogen-bond donors (Lipinski definition) is 0. The Morgan fingerprint density at radius 1 is 1.36 bits per heavy atom. The topological polar surface area (TPSA) is 55.6 Å². The average Bonchev–Trinajstić information content (AvgIpc) is 3.15. The van der Waals surface area contributed by atoms with Crippen LogP contribution in [0.25, 0.3) is 11.3 Å². The number of carbonyl (C=O) groups excluding carboxylic acids is 1. The van der Waals surface area contributed by atoms with Crippen molar-refractivity contribution in [2.24, 2.45) is 0 Å². The molecule has 0 saturated carbocycles. The second-order valence-electron chi connectivity index (χ2n) is 7.43. The summed E-state index contributed by atoms with van der Waals surface area (Å²) in [5.74, 6) is 0.0101. The zero-order valence-corrected chi connectivity index (χ0v) is 15.0. The van der Waals surface area contributed by atoms with E-state index in [2.05, 4.69) is 5.16 Å². The highest BCUT2D eigenvalue weighted by atomic mass is 19.1. The van der Waals surface area contributed by atoms with Crippen LogP contribution in [0.3, 0.4) is 0 Å². The van der Waals surface area contributed by atoms with Gasteiger partial charge in [-0.15, -0.1) is 0 Å². The largest absolute Gasteiger partial charge is 0.444 e. The summed E-state index contributed by atoms with van der Waals surface area (Å²) in [6, 6.07) is 6.35. The van der Waals surface area contributed by atoms with Crippen LogP contribution in [0.2, 0.25) is 0 Å². The number of rotatable bonds is 2. The predicted octanol–water partition coefficient (Wildman–Crippen LogP) is 4.86. The number of aryl methyl sites for hydroxylation is 1. The van der Waals surface area contributed by atoms with E-state index in [9.17, 15) is 9.18 Å². The van der Waals surface area contributed by atoms with Crippen molar-refractivity contribution in [2.45, 2.75) is 52.2 Å². The number of hydrogen-bond acceptors (Lipinski definition) is 4. The lowest BCUT2D eigenvalue weighted by molar-refractivity contribution is 0.0219. The second kappa shape index (κ2) is 6.50. The first-order valence-electron chi connectivity index (χ1n) is 8.47. The van der Waals surface area contributed by atoms with E-state index in [1.165, 1.54) is 6.07 Å². The van der Waals surface area contributed by atoms with Crippen molar-refractivity contribution >= 4 is 6.09 Å². The average molecular weight is 346 g/mol. The number of nitrogens with zero attached hydrogens (tertiary/aromatic N) is 2. The van der Waals surface area contributed by atoms with Gasteiger partial charge in [-0.3, -0.25) is 4.90 Å². The van der Waals surface area contributed by atoms with Gasteiger partial charge in [0.2, 0.25) is 0 Å². The molecule has 0 radical (unpaired) electrons. The Balaban J connectivity index is 1.84. The van der Waals surface area contributed by atoms with Gasteiger partial charge in [-0.2, -0.15) is 0 Å². The number of benzene rings is 1. The third kappa shape index (κ3) is 3.83. The monoisotopic (exact) mass is 346 g/mol. The fourth-order valence-electron chi connectivity index (χ4n) is 3.01. The SMILES string of the molecule is Cc1ccc(F)c(-c2cc(C3CCCN3C(=O)OC(C)(C)C)no2)c1. The molecular formula is C19H23FN2O3. The van der Waals surface area contributed by atoms with Gasteiger partial charge in [0.25, 0.3) is 0 Å². The molecule has 2 aromatic rings. The van der Waals surface area contributed by atoms with Crippen molar-refractivity contribution in [1.82, 2.24) is 10.1 Å². The molecule has 1 fully saturated rings. The molecule has 1 amide bonds. The lowest BCUT2D eigenvalue weighted by Gasteiger charge is -2.27. The summed E-state index contributed by atoms with van der Waals surface area (Å²) in [6.07, 6.45) is 1.29. The summed E-state index contributed by atoms with van der Waals surface area (Å²) in [6.45, 7) is 8.02. The van der Waals surface area contributed by atoms with Gasteiger partial charge < -0.3 is 9.26 Å². The van der Waals surface area contributed by atoms with Crippen molar-refractivity contribution in [3.8, 4) is 11.3 Å². The molecule has 1 aliphatic heterocycles. The Morgan fingerprint density at radius 3 is 2.84 bits per heavy atom. The van der Waals surface area contributed by atoms with Crippen LogP contribution in [0, 0.1) is 12.7 Å². The molecule has 1 saturated heterocycles. The summed E-state index contributed by atoms with van der Waals surface area (Å²) in [7, 11) is 0. The molecule has 1 aliphatic rings. The second-order valence-corrected chi connectivity index (χ2v) is 7.43. The van der Waals surface area contributed by atoms with Crippen LogP contribution in [0.1, 0.15) is 50.9 Å². The Hall–Kier alpha value is -2.37. The van der Waals surface area contributed by atoms with Crippen molar-refractivity contribution in [3.05, 3.63) is 41.3 Å². The molecule has 1 unspecified atom stereocenters. The van der Waals surface area contributed by atoms with E-state index in [0.29, 0.717) is 23.6 Å². The maximum Gasteiger partial charge on any atom is 0.410 e. The van der Waals surface area contributed by atoms with E-state index in [4.69, 9.17) is 9.26 Å². The van der Waals surface area contributed by atoms with E-state index in [-0.39, 0.29) is 18.0 Å². The van der Waals surface area contributed by atoms with E-state index < -0.39 is 5.60 Å². The first-order chi connectivity index (χ1) is 11.7. The standard InChI is InChI=1S/C19H23FN2O3/c1-12-7-8-14(20)13(10-12)17-11-15(21-25-17)16-6-5-9-22(16)18(23)24-19(2,3)4/h7-8,10-11,16H,5-6,9H2,1-4H3. The number of amides is 1. The third-order valence-electron chi connectivity index (χ3n) is 4.14. The van der Waals surface area contributed by atoms with E-state index in [1.807, 2.05) is 27.7 Å². The summed E-state index contributed by atoms with van der Waals surface area (Å²) < 4.78 is 24.9. The van der Waals surface area contributed by atoms with Crippen molar-refractivity contribution in [1.29, 1.82) is 0 Å². The van der Waals surface area contributed by atoms with Gasteiger partial charge in [-0.05, 0) is 52.7 Å². The molecule has 2 heterocycles. The van der Waals surface area contributed by atoms with E-state index in [1.54, 1.807) is 23.1 Å². The van der Waals surface area contributed by atoms with E-state index in [0.717, 1.165) is 18.4 Å². The quantitative estimate of drug-likeness (QED) is 0.779. The maximum atomic E-state index is 14.1. The Kier molecular flexibility index (Phi) is 4.54. The van der Waals surface area contributed by atoms with Crippen LogP contribution in [0.5, 0.6) is 0 Å². The van der Waals surface area contributed by atoms with Gasteiger partial charge >= 0.3 is 6.09 Å². The molecule has 0 bridgehead atoms. The molecule has 134 valence electrons. The summed E-state index contributed by atoms with van der Waals surface area (Å²) in [4.78, 5) is 14.1. The lowest BCUT2D eigenvalue weighted by Crippen LogP contribution is -2.36. The Labute approximate surface area is 146 Å². The summed E-state index contributed by atoms with van der Waals surface area (Å²) in [5, 5.41) is 4.08. The molecule has 6 heteroatoms. The number of aromatic nitrogens is 1. The number of carbonyl (C=O) groups is 1. The van der Waals surface area contributed by atoms with Crippen LogP contribution in [-0.4, -0.2) is 28.3 Å². The fourth-order valence-corrected chi connectivity index (χ4v) is 3.01. The minimum atomic E-state index is -0.552. The molecule has 0 aliphatic carbocycles. The first kappa shape index (κ1) is 17.5. The fraction of sp³-hybridized carbons (Fsp3) is 0.474. The molecular weight excluding hydrogens is 323 g/mol. The molecule has 0 spiro atoms. The minimum Gasteiger partial charge on any atom is -0.444 e. The van der Waals surface area contributed by atoms with Crippen LogP contribution in [0.15, 0.2) is 28.8 Å². The van der Waals surface area contributed by atoms with E-state index >= 15 is 0 Å². The summed E-state index contributed by atoms with van der Waals surface area (Å²) >= 11 is 0. The molecule has 5 nitrogen and oxygen atoms in total. The van der Waals surface area contributed by atoms with Gasteiger partial charge in [0.05, 0.1) is 11.6 Å². The predicted molar refractivity (Wildman–Crippen MR) is 91.5 cm³/mol. The molecule has 1 atom stereocenters. The zero-order valence-electron chi connectivity index (χ0n) is 15.0. The maximum absolute atomic E-state index is 14.1. The van der Waals surface area contributed by atoms with Crippen LogP contribution < -0.4 is 0 Å². The van der Waals surface area contributed by atoms with Crippen LogP contribution in [-0.2, 0) is 4.74 Å². The normalized spacial score (nSPS) is 17.8. The Morgan fingerprint density at radius 2 is 2.12 bits per heavy atom. The third-order valence-corrected chi connectivity index (χ3v) is 4.14. The van der Waals surface area contributed by atoms with Gasteiger partial charge in [0.15, 0.2) is 5.76 Å². The van der Waals surface area contributed by atoms with Crippen LogP contribution in [0.4, 0.5) is 9.18 Å².